The van der Waals surface area contributed by atoms with Crippen molar-refractivity contribution in [1.29, 1.82) is 0 Å². The Hall–Kier alpha value is -0.130. The summed E-state index contributed by atoms with van der Waals surface area (Å²) in [4.78, 5) is 0. The van der Waals surface area contributed by atoms with Crippen LogP contribution in [0.25, 0.3) is 0 Å². The summed E-state index contributed by atoms with van der Waals surface area (Å²) < 4.78 is 27.0. The Labute approximate surface area is 118 Å². The largest absolute Gasteiger partial charge is 0.329 e. The molecule has 5 heteroatoms. The quantitative estimate of drug-likeness (QED) is 0.816. The predicted octanol–water partition coefficient (Wildman–Crippen LogP) is 2.34. The molecule has 0 atom stereocenters. The lowest BCUT2D eigenvalue weighted by Gasteiger charge is -2.46. The van der Waals surface area contributed by atoms with E-state index in [4.69, 9.17) is 5.73 Å². The summed E-state index contributed by atoms with van der Waals surface area (Å²) in [5.41, 5.74) is 5.66. The molecule has 0 aromatic rings. The highest BCUT2D eigenvalue weighted by Gasteiger charge is 2.44. The van der Waals surface area contributed by atoms with Gasteiger partial charge in [-0.15, -0.1) is 0 Å². The minimum absolute atomic E-state index is 0.342. The fourth-order valence-electron chi connectivity index (χ4n) is 2.95. The first-order chi connectivity index (χ1) is 8.80. The maximum absolute atomic E-state index is 12.6. The SMILES string of the molecule is CCCN(C1(CN)CCC(C)CC1)S(=O)(=O)C(C)C. The van der Waals surface area contributed by atoms with Crippen molar-refractivity contribution >= 4 is 10.0 Å². The van der Waals surface area contributed by atoms with Gasteiger partial charge in [-0.05, 0) is 51.9 Å². The Balaban J connectivity index is 3.08. The zero-order valence-electron chi connectivity index (χ0n) is 12.9. The lowest BCUT2D eigenvalue weighted by molar-refractivity contribution is 0.115. The van der Waals surface area contributed by atoms with Crippen LogP contribution in [-0.4, -0.2) is 36.6 Å². The molecule has 0 amide bonds. The van der Waals surface area contributed by atoms with Gasteiger partial charge in [0.15, 0.2) is 0 Å². The molecule has 114 valence electrons. The lowest BCUT2D eigenvalue weighted by Crippen LogP contribution is -2.59. The van der Waals surface area contributed by atoms with Crippen LogP contribution in [0.2, 0.25) is 0 Å². The van der Waals surface area contributed by atoms with Gasteiger partial charge in [0.1, 0.15) is 0 Å². The molecule has 0 aromatic heterocycles. The highest BCUT2D eigenvalue weighted by Crippen LogP contribution is 2.38. The van der Waals surface area contributed by atoms with Crippen LogP contribution in [0.5, 0.6) is 0 Å². The topological polar surface area (TPSA) is 63.4 Å². The Morgan fingerprint density at radius 2 is 1.84 bits per heavy atom. The Morgan fingerprint density at radius 3 is 2.21 bits per heavy atom. The van der Waals surface area contributed by atoms with E-state index in [0.29, 0.717) is 19.0 Å². The highest BCUT2D eigenvalue weighted by molar-refractivity contribution is 7.89. The molecule has 1 aliphatic rings. The first kappa shape index (κ1) is 16.9. The van der Waals surface area contributed by atoms with Crippen molar-refractivity contribution in [1.82, 2.24) is 4.31 Å². The molecule has 0 aromatic carbocycles. The van der Waals surface area contributed by atoms with Crippen LogP contribution < -0.4 is 5.73 Å². The number of nitrogens with zero attached hydrogens (tertiary/aromatic N) is 1. The maximum atomic E-state index is 12.6. The molecule has 1 rings (SSSR count). The summed E-state index contributed by atoms with van der Waals surface area (Å²) in [6.07, 6.45) is 4.78. The second kappa shape index (κ2) is 6.55. The first-order valence-corrected chi connectivity index (χ1v) is 9.02. The van der Waals surface area contributed by atoms with Crippen LogP contribution in [0.4, 0.5) is 0 Å². The normalized spacial score (nSPS) is 29.1. The summed E-state index contributed by atoms with van der Waals surface area (Å²) in [7, 11) is -3.24. The Kier molecular flexibility index (Phi) is 5.83. The van der Waals surface area contributed by atoms with Crippen molar-refractivity contribution in [3.8, 4) is 0 Å². The van der Waals surface area contributed by atoms with Crippen LogP contribution in [0.3, 0.4) is 0 Å². The van der Waals surface area contributed by atoms with E-state index in [0.717, 1.165) is 32.1 Å². The van der Waals surface area contributed by atoms with Crippen molar-refractivity contribution in [2.24, 2.45) is 11.7 Å². The summed E-state index contributed by atoms with van der Waals surface area (Å²) in [6.45, 7) is 8.80. The van der Waals surface area contributed by atoms with Crippen molar-refractivity contribution in [3.05, 3.63) is 0 Å². The maximum Gasteiger partial charge on any atom is 0.216 e. The molecule has 19 heavy (non-hydrogen) atoms. The van der Waals surface area contributed by atoms with Gasteiger partial charge in [0, 0.05) is 18.6 Å². The van der Waals surface area contributed by atoms with E-state index < -0.39 is 10.0 Å². The Bertz CT molecular complexity index is 371. The number of sulfonamides is 1. The third-order valence-corrected chi connectivity index (χ3v) is 6.82. The molecule has 1 saturated carbocycles. The van der Waals surface area contributed by atoms with E-state index in [1.165, 1.54) is 0 Å². The molecular formula is C14H30N2O2S. The van der Waals surface area contributed by atoms with Crippen molar-refractivity contribution in [3.63, 3.8) is 0 Å². The van der Waals surface area contributed by atoms with E-state index in [9.17, 15) is 8.42 Å². The minimum atomic E-state index is -3.24. The van der Waals surface area contributed by atoms with Crippen LogP contribution >= 0.6 is 0 Å². The number of hydrogen-bond acceptors (Lipinski definition) is 3. The molecule has 0 heterocycles. The summed E-state index contributed by atoms with van der Waals surface area (Å²) in [5, 5.41) is -0.373. The van der Waals surface area contributed by atoms with Crippen LogP contribution in [0, 0.1) is 5.92 Å². The fourth-order valence-corrected chi connectivity index (χ4v) is 4.69. The van der Waals surface area contributed by atoms with Gasteiger partial charge in [-0.2, -0.15) is 4.31 Å². The molecule has 0 saturated heterocycles. The van der Waals surface area contributed by atoms with Crippen molar-refractivity contribution < 1.29 is 8.42 Å². The average molecular weight is 290 g/mol. The van der Waals surface area contributed by atoms with Crippen molar-refractivity contribution in [2.45, 2.75) is 70.6 Å². The third kappa shape index (κ3) is 3.50. The second-order valence-electron chi connectivity index (χ2n) is 6.28. The second-order valence-corrected chi connectivity index (χ2v) is 8.69. The molecule has 1 aliphatic carbocycles. The van der Waals surface area contributed by atoms with Gasteiger partial charge in [-0.3, -0.25) is 0 Å². The summed E-state index contributed by atoms with van der Waals surface area (Å²) >= 11 is 0. The smallest absolute Gasteiger partial charge is 0.216 e. The van der Waals surface area contributed by atoms with Crippen LogP contribution in [0.1, 0.15) is 59.8 Å². The molecule has 1 fully saturated rings. The molecular weight excluding hydrogens is 260 g/mol. The summed E-state index contributed by atoms with van der Waals surface area (Å²) in [6, 6.07) is 0. The van der Waals surface area contributed by atoms with Gasteiger partial charge >= 0.3 is 0 Å². The van der Waals surface area contributed by atoms with Gasteiger partial charge in [0.05, 0.1) is 5.25 Å². The fraction of sp³-hybridized carbons (Fsp3) is 1.00. The van der Waals surface area contributed by atoms with E-state index >= 15 is 0 Å². The molecule has 0 bridgehead atoms. The Morgan fingerprint density at radius 1 is 1.32 bits per heavy atom. The van der Waals surface area contributed by atoms with Gasteiger partial charge in [0.25, 0.3) is 0 Å². The minimum Gasteiger partial charge on any atom is -0.329 e. The van der Waals surface area contributed by atoms with E-state index in [1.807, 2.05) is 6.92 Å². The number of rotatable bonds is 6. The molecule has 4 nitrogen and oxygen atoms in total. The van der Waals surface area contributed by atoms with E-state index in [1.54, 1.807) is 18.2 Å². The standard InChI is InChI=1S/C14H30N2O2S/c1-5-10-16(19(17,18)12(2)3)14(11-15)8-6-13(4)7-9-14/h12-13H,5-11,15H2,1-4H3. The molecule has 2 N–H and O–H groups in total. The monoisotopic (exact) mass is 290 g/mol. The molecule has 0 spiro atoms. The third-order valence-electron chi connectivity index (χ3n) is 4.44. The first-order valence-electron chi connectivity index (χ1n) is 7.52. The van der Waals surface area contributed by atoms with Crippen LogP contribution in [-0.2, 0) is 10.0 Å². The molecule has 0 unspecified atom stereocenters. The van der Waals surface area contributed by atoms with Gasteiger partial charge in [0.2, 0.25) is 10.0 Å². The van der Waals surface area contributed by atoms with E-state index in [-0.39, 0.29) is 10.8 Å². The van der Waals surface area contributed by atoms with E-state index in [2.05, 4.69) is 6.92 Å². The zero-order valence-corrected chi connectivity index (χ0v) is 13.7. The highest BCUT2D eigenvalue weighted by atomic mass is 32.2. The van der Waals surface area contributed by atoms with Crippen LogP contribution in [0.15, 0.2) is 0 Å². The van der Waals surface area contributed by atoms with Gasteiger partial charge in [-0.1, -0.05) is 13.8 Å². The number of nitrogens with two attached hydrogens (primary N) is 1. The summed E-state index contributed by atoms with van der Waals surface area (Å²) in [5.74, 6) is 0.685. The van der Waals surface area contributed by atoms with Crippen molar-refractivity contribution in [2.75, 3.05) is 13.1 Å². The average Bonchev–Trinajstić information content (AvgIpc) is 2.37. The predicted molar refractivity (Wildman–Crippen MR) is 80.5 cm³/mol. The number of hydrogen-bond donors (Lipinski definition) is 1. The molecule has 0 aliphatic heterocycles. The lowest BCUT2D eigenvalue weighted by atomic mass is 9.77. The zero-order chi connectivity index (χ0) is 14.7. The van der Waals surface area contributed by atoms with Gasteiger partial charge in [-0.25, -0.2) is 8.42 Å². The van der Waals surface area contributed by atoms with Gasteiger partial charge < -0.3 is 5.73 Å². The molecule has 0 radical (unpaired) electrons.